The first-order valence-electron chi connectivity index (χ1n) is 5.54. The van der Waals surface area contributed by atoms with Crippen LogP contribution in [0, 0.1) is 0 Å². The van der Waals surface area contributed by atoms with Crippen LogP contribution in [0.1, 0.15) is 19.4 Å². The minimum Gasteiger partial charge on any atom is -0.507 e. The van der Waals surface area contributed by atoms with Gasteiger partial charge in [-0.2, -0.15) is 0 Å². The number of rotatable bonds is 2. The Labute approximate surface area is 104 Å². The van der Waals surface area contributed by atoms with Crippen molar-refractivity contribution in [2.24, 2.45) is 0 Å². The van der Waals surface area contributed by atoms with Crippen molar-refractivity contribution >= 4 is 17.0 Å². The summed E-state index contributed by atoms with van der Waals surface area (Å²) in [7, 11) is 0. The monoisotopic (exact) mass is 246 g/mol. The molecule has 0 aliphatic carbocycles. The molecular formula is C14H14O4. The van der Waals surface area contributed by atoms with E-state index in [1.807, 2.05) is 0 Å². The lowest BCUT2D eigenvalue weighted by molar-refractivity contribution is 0.134. The van der Waals surface area contributed by atoms with Crippen LogP contribution in [0.4, 0.5) is 0 Å². The van der Waals surface area contributed by atoms with Crippen molar-refractivity contribution < 1.29 is 14.6 Å². The van der Waals surface area contributed by atoms with Gasteiger partial charge in [-0.3, -0.25) is 0 Å². The molecule has 0 atom stereocenters. The molecule has 0 bridgehead atoms. The highest BCUT2D eigenvalue weighted by molar-refractivity contribution is 5.82. The Morgan fingerprint density at radius 3 is 2.67 bits per heavy atom. The molecule has 4 nitrogen and oxygen atoms in total. The molecule has 0 aliphatic heterocycles. The van der Waals surface area contributed by atoms with Gasteiger partial charge in [-0.15, -0.1) is 0 Å². The van der Waals surface area contributed by atoms with Gasteiger partial charge in [0.2, 0.25) is 0 Å². The minimum atomic E-state index is -0.954. The fraction of sp³-hybridized carbons (Fsp3) is 0.214. The van der Waals surface area contributed by atoms with E-state index < -0.39 is 11.2 Å². The second kappa shape index (κ2) is 4.31. The summed E-state index contributed by atoms with van der Waals surface area (Å²) in [4.78, 5) is 11.0. The van der Waals surface area contributed by atoms with Crippen LogP contribution in [-0.4, -0.2) is 15.8 Å². The molecule has 1 heterocycles. The standard InChI is InChI=1S/C14H14O4/c1-14(2,17)6-5-9-7-10-3-4-13(16)18-12(10)8-11(9)15/h3-8,15,17H,1-2H3/b6-5+. The van der Waals surface area contributed by atoms with Crippen LogP contribution in [0.25, 0.3) is 17.0 Å². The van der Waals surface area contributed by atoms with Crippen molar-refractivity contribution in [3.05, 3.63) is 46.3 Å². The molecule has 94 valence electrons. The Hall–Kier alpha value is -2.07. The van der Waals surface area contributed by atoms with E-state index in [0.29, 0.717) is 16.5 Å². The fourth-order valence-corrected chi connectivity index (χ4v) is 1.55. The summed E-state index contributed by atoms with van der Waals surface area (Å²) in [6, 6.07) is 6.03. The molecule has 0 aliphatic rings. The number of aliphatic hydroxyl groups is 1. The molecule has 0 radical (unpaired) electrons. The molecule has 0 saturated heterocycles. The third-order valence-electron chi connectivity index (χ3n) is 2.44. The van der Waals surface area contributed by atoms with E-state index in [-0.39, 0.29) is 5.75 Å². The molecule has 2 aromatic rings. The molecule has 4 heteroatoms. The van der Waals surface area contributed by atoms with Gasteiger partial charge in [-0.25, -0.2) is 4.79 Å². The maximum atomic E-state index is 11.0. The van der Waals surface area contributed by atoms with Gasteiger partial charge in [0.1, 0.15) is 11.3 Å². The second-order valence-corrected chi connectivity index (χ2v) is 4.69. The predicted molar refractivity (Wildman–Crippen MR) is 69.5 cm³/mol. The minimum absolute atomic E-state index is 0.00245. The summed E-state index contributed by atoms with van der Waals surface area (Å²) in [5.74, 6) is -0.00245. The molecular weight excluding hydrogens is 232 g/mol. The number of hydrogen-bond donors (Lipinski definition) is 2. The van der Waals surface area contributed by atoms with Crippen LogP contribution >= 0.6 is 0 Å². The first-order valence-corrected chi connectivity index (χ1v) is 5.54. The third kappa shape index (κ3) is 2.78. The topological polar surface area (TPSA) is 70.7 Å². The third-order valence-corrected chi connectivity index (χ3v) is 2.44. The number of phenols is 1. The zero-order valence-corrected chi connectivity index (χ0v) is 10.2. The molecule has 2 N–H and O–H groups in total. The molecule has 0 amide bonds. The van der Waals surface area contributed by atoms with Crippen molar-refractivity contribution in [3.63, 3.8) is 0 Å². The van der Waals surface area contributed by atoms with Crippen molar-refractivity contribution in [2.45, 2.75) is 19.4 Å². The molecule has 1 aromatic heterocycles. The van der Waals surface area contributed by atoms with E-state index in [0.717, 1.165) is 0 Å². The lowest BCUT2D eigenvalue weighted by Gasteiger charge is -2.10. The van der Waals surface area contributed by atoms with Crippen LogP contribution in [0.15, 0.2) is 39.6 Å². The number of aromatic hydroxyl groups is 1. The van der Waals surface area contributed by atoms with Gasteiger partial charge in [0.15, 0.2) is 0 Å². The predicted octanol–water partition coefficient (Wildman–Crippen LogP) is 2.28. The van der Waals surface area contributed by atoms with Gasteiger partial charge in [0.05, 0.1) is 5.60 Å². The summed E-state index contributed by atoms with van der Waals surface area (Å²) in [6.45, 7) is 3.28. The average Bonchev–Trinajstić information content (AvgIpc) is 2.25. The van der Waals surface area contributed by atoms with Gasteiger partial charge < -0.3 is 14.6 Å². The molecule has 0 saturated carbocycles. The van der Waals surface area contributed by atoms with Gasteiger partial charge in [-0.1, -0.05) is 12.2 Å². The smallest absolute Gasteiger partial charge is 0.336 e. The zero-order valence-electron chi connectivity index (χ0n) is 10.2. The van der Waals surface area contributed by atoms with E-state index in [2.05, 4.69) is 0 Å². The number of fused-ring (bicyclic) bond motifs is 1. The van der Waals surface area contributed by atoms with E-state index >= 15 is 0 Å². The lowest BCUT2D eigenvalue weighted by Crippen LogP contribution is -2.13. The second-order valence-electron chi connectivity index (χ2n) is 4.69. The first kappa shape index (κ1) is 12.4. The Bertz CT molecular complexity index is 660. The highest BCUT2D eigenvalue weighted by Crippen LogP contribution is 2.25. The maximum Gasteiger partial charge on any atom is 0.336 e. The highest BCUT2D eigenvalue weighted by atomic mass is 16.4. The Morgan fingerprint density at radius 1 is 1.28 bits per heavy atom. The van der Waals surface area contributed by atoms with Gasteiger partial charge in [0.25, 0.3) is 0 Å². The summed E-state index contributed by atoms with van der Waals surface area (Å²) in [5.41, 5.74) is -0.523. The summed E-state index contributed by atoms with van der Waals surface area (Å²) in [5, 5.41) is 20.1. The Kier molecular flexibility index (Phi) is 2.97. The van der Waals surface area contributed by atoms with E-state index in [4.69, 9.17) is 4.42 Å². The molecule has 18 heavy (non-hydrogen) atoms. The SMILES string of the molecule is CC(C)(O)/C=C/c1cc2ccc(=O)oc2cc1O. The highest BCUT2D eigenvalue weighted by Gasteiger charge is 2.08. The van der Waals surface area contributed by atoms with Gasteiger partial charge in [-0.05, 0) is 26.0 Å². The number of phenolic OH excluding ortho intramolecular Hbond substituents is 1. The zero-order chi connectivity index (χ0) is 13.3. The van der Waals surface area contributed by atoms with Crippen molar-refractivity contribution in [1.82, 2.24) is 0 Å². The largest absolute Gasteiger partial charge is 0.507 e. The van der Waals surface area contributed by atoms with Gasteiger partial charge >= 0.3 is 5.63 Å². The average molecular weight is 246 g/mol. The molecule has 1 aromatic carbocycles. The number of benzene rings is 1. The number of hydrogen-bond acceptors (Lipinski definition) is 4. The molecule has 0 unspecified atom stereocenters. The normalized spacial score (nSPS) is 12.4. The van der Waals surface area contributed by atoms with Crippen LogP contribution in [0.5, 0.6) is 5.75 Å². The van der Waals surface area contributed by atoms with Crippen LogP contribution in [0.3, 0.4) is 0 Å². The van der Waals surface area contributed by atoms with E-state index in [9.17, 15) is 15.0 Å². The Morgan fingerprint density at radius 2 is 2.00 bits per heavy atom. The van der Waals surface area contributed by atoms with Crippen molar-refractivity contribution in [1.29, 1.82) is 0 Å². The summed E-state index contributed by atoms with van der Waals surface area (Å²) in [6.07, 6.45) is 3.20. The molecule has 0 fully saturated rings. The first-order chi connectivity index (χ1) is 8.35. The molecule has 0 spiro atoms. The van der Waals surface area contributed by atoms with Crippen molar-refractivity contribution in [3.8, 4) is 5.75 Å². The van der Waals surface area contributed by atoms with Gasteiger partial charge in [0, 0.05) is 23.1 Å². The van der Waals surface area contributed by atoms with Crippen LogP contribution in [-0.2, 0) is 0 Å². The fourth-order valence-electron chi connectivity index (χ4n) is 1.55. The maximum absolute atomic E-state index is 11.0. The lowest BCUT2D eigenvalue weighted by atomic mass is 10.1. The molecule has 2 rings (SSSR count). The summed E-state index contributed by atoms with van der Waals surface area (Å²) < 4.78 is 4.95. The Balaban J connectivity index is 2.53. The van der Waals surface area contributed by atoms with E-state index in [1.165, 1.54) is 12.1 Å². The van der Waals surface area contributed by atoms with E-state index in [1.54, 1.807) is 38.1 Å². The van der Waals surface area contributed by atoms with Crippen LogP contribution < -0.4 is 5.63 Å². The summed E-state index contributed by atoms with van der Waals surface area (Å²) >= 11 is 0. The van der Waals surface area contributed by atoms with Crippen molar-refractivity contribution in [2.75, 3.05) is 0 Å². The van der Waals surface area contributed by atoms with Crippen LogP contribution in [0.2, 0.25) is 0 Å². The quantitative estimate of drug-likeness (QED) is 0.797.